The Morgan fingerprint density at radius 3 is 2.88 bits per heavy atom. The second-order valence-electron chi connectivity index (χ2n) is 7.14. The molecule has 0 aliphatic carbocycles. The summed E-state index contributed by atoms with van der Waals surface area (Å²) < 4.78 is 44.6. The average molecular weight is 384 g/mol. The van der Waals surface area contributed by atoms with Gasteiger partial charge in [-0.15, -0.1) is 0 Å². The molecule has 6 nitrogen and oxygen atoms in total. The van der Waals surface area contributed by atoms with Gasteiger partial charge in [-0.3, -0.25) is 4.79 Å². The van der Waals surface area contributed by atoms with E-state index in [0.717, 1.165) is 12.7 Å². The monoisotopic (exact) mass is 384 g/mol. The number of sulfonamides is 1. The first-order chi connectivity index (χ1) is 12.3. The zero-order valence-electron chi connectivity index (χ0n) is 14.9. The van der Waals surface area contributed by atoms with Gasteiger partial charge in [0, 0.05) is 32.0 Å². The van der Waals surface area contributed by atoms with Gasteiger partial charge < -0.3 is 9.64 Å². The molecule has 26 heavy (non-hydrogen) atoms. The first kappa shape index (κ1) is 19.3. The normalized spacial score (nSPS) is 25.9. The maximum atomic E-state index is 13.7. The molecule has 0 unspecified atom stereocenters. The summed E-state index contributed by atoms with van der Waals surface area (Å²) in [6, 6.07) is 6.51. The van der Waals surface area contributed by atoms with Crippen LogP contribution in [-0.2, 0) is 26.0 Å². The number of carbonyl (C=O) groups excluding carboxylic acids is 1. The van der Waals surface area contributed by atoms with E-state index in [4.69, 9.17) is 4.74 Å². The van der Waals surface area contributed by atoms with Crippen LogP contribution in [0.5, 0.6) is 0 Å². The molecule has 1 aromatic carbocycles. The molecule has 2 fully saturated rings. The van der Waals surface area contributed by atoms with Crippen LogP contribution in [0.3, 0.4) is 0 Å². The molecular formula is C18H25FN2O4S. The Bertz CT molecular complexity index is 755. The van der Waals surface area contributed by atoms with E-state index in [2.05, 4.69) is 4.72 Å². The summed E-state index contributed by atoms with van der Waals surface area (Å²) in [4.78, 5) is 14.4. The number of ether oxygens (including phenoxy) is 1. The van der Waals surface area contributed by atoms with Gasteiger partial charge >= 0.3 is 0 Å². The topological polar surface area (TPSA) is 75.7 Å². The lowest BCUT2D eigenvalue weighted by atomic mass is 9.84. The summed E-state index contributed by atoms with van der Waals surface area (Å²) >= 11 is 0. The van der Waals surface area contributed by atoms with Crippen LogP contribution < -0.4 is 4.72 Å². The molecule has 3 rings (SSSR count). The average Bonchev–Trinajstić information content (AvgIpc) is 3.00. The lowest BCUT2D eigenvalue weighted by Gasteiger charge is -2.36. The van der Waals surface area contributed by atoms with Crippen molar-refractivity contribution in [1.29, 1.82) is 0 Å². The van der Waals surface area contributed by atoms with Crippen molar-refractivity contribution in [2.45, 2.75) is 25.4 Å². The van der Waals surface area contributed by atoms with Gasteiger partial charge in [0.05, 0.1) is 19.0 Å². The lowest BCUT2D eigenvalue weighted by molar-refractivity contribution is -0.133. The first-order valence-corrected chi connectivity index (χ1v) is 10.8. The highest BCUT2D eigenvalue weighted by molar-refractivity contribution is 7.88. The molecule has 0 aromatic heterocycles. The molecule has 0 bridgehead atoms. The van der Waals surface area contributed by atoms with Crippen molar-refractivity contribution in [3.8, 4) is 0 Å². The molecule has 0 spiro atoms. The Kier molecular flexibility index (Phi) is 5.94. The number of fused-ring (bicyclic) bond motifs is 1. The SMILES string of the molecule is CS(=O)(=O)NC[C@H]1OC[C@@H]2CCN(C(=O)CCc3ccccc3F)C[C@@H]21. The third kappa shape index (κ3) is 4.81. The van der Waals surface area contributed by atoms with E-state index < -0.39 is 10.0 Å². The molecule has 2 aliphatic heterocycles. The first-order valence-electron chi connectivity index (χ1n) is 8.91. The Morgan fingerprint density at radius 2 is 2.15 bits per heavy atom. The van der Waals surface area contributed by atoms with Crippen molar-refractivity contribution >= 4 is 15.9 Å². The summed E-state index contributed by atoms with van der Waals surface area (Å²) in [6.07, 6.45) is 2.42. The minimum atomic E-state index is -3.27. The highest BCUT2D eigenvalue weighted by Crippen LogP contribution is 2.34. The molecular weight excluding hydrogens is 359 g/mol. The van der Waals surface area contributed by atoms with Gasteiger partial charge in [-0.05, 0) is 30.4 Å². The third-order valence-corrected chi connectivity index (χ3v) is 5.96. The number of aryl methyl sites for hydroxylation is 1. The Balaban J connectivity index is 1.55. The summed E-state index contributed by atoms with van der Waals surface area (Å²) in [5.74, 6) is 0.218. The van der Waals surface area contributed by atoms with Crippen LogP contribution in [0, 0.1) is 17.7 Å². The molecule has 3 atom stereocenters. The highest BCUT2D eigenvalue weighted by Gasteiger charge is 2.41. The highest BCUT2D eigenvalue weighted by atomic mass is 32.2. The number of hydrogen-bond acceptors (Lipinski definition) is 4. The second-order valence-corrected chi connectivity index (χ2v) is 8.97. The number of amides is 1. The Labute approximate surface area is 153 Å². The van der Waals surface area contributed by atoms with Crippen LogP contribution in [0.4, 0.5) is 4.39 Å². The molecule has 2 saturated heterocycles. The van der Waals surface area contributed by atoms with Gasteiger partial charge in [0.25, 0.3) is 0 Å². The van der Waals surface area contributed by atoms with Crippen molar-refractivity contribution in [3.05, 3.63) is 35.6 Å². The number of benzene rings is 1. The van der Waals surface area contributed by atoms with E-state index in [-0.39, 0.29) is 36.7 Å². The fourth-order valence-electron chi connectivity index (χ4n) is 3.80. The summed E-state index contributed by atoms with van der Waals surface area (Å²) in [7, 11) is -3.27. The molecule has 1 aromatic rings. The van der Waals surface area contributed by atoms with E-state index in [1.165, 1.54) is 6.07 Å². The quantitative estimate of drug-likeness (QED) is 0.799. The number of likely N-dealkylation sites (tertiary alicyclic amines) is 1. The van der Waals surface area contributed by atoms with Crippen LogP contribution >= 0.6 is 0 Å². The van der Waals surface area contributed by atoms with Crippen molar-refractivity contribution in [3.63, 3.8) is 0 Å². The number of nitrogens with zero attached hydrogens (tertiary/aromatic N) is 1. The van der Waals surface area contributed by atoms with Gasteiger partial charge in [0.1, 0.15) is 5.82 Å². The van der Waals surface area contributed by atoms with Crippen molar-refractivity contribution in [1.82, 2.24) is 9.62 Å². The van der Waals surface area contributed by atoms with E-state index in [0.29, 0.717) is 37.6 Å². The van der Waals surface area contributed by atoms with Crippen molar-refractivity contribution < 1.29 is 22.3 Å². The van der Waals surface area contributed by atoms with Crippen LogP contribution in [0.25, 0.3) is 0 Å². The molecule has 1 amide bonds. The Hall–Kier alpha value is -1.51. The minimum Gasteiger partial charge on any atom is -0.376 e. The van der Waals surface area contributed by atoms with Crippen molar-refractivity contribution in [2.75, 3.05) is 32.5 Å². The number of halogens is 1. The van der Waals surface area contributed by atoms with Crippen molar-refractivity contribution in [2.24, 2.45) is 11.8 Å². The molecule has 2 aliphatic rings. The maximum absolute atomic E-state index is 13.7. The number of rotatable bonds is 6. The largest absolute Gasteiger partial charge is 0.376 e. The van der Waals surface area contributed by atoms with E-state index in [9.17, 15) is 17.6 Å². The van der Waals surface area contributed by atoms with Crippen LogP contribution in [0.2, 0.25) is 0 Å². The number of nitrogens with one attached hydrogen (secondary N) is 1. The van der Waals surface area contributed by atoms with Gasteiger partial charge in [0.15, 0.2) is 0 Å². The van der Waals surface area contributed by atoms with E-state index in [1.54, 1.807) is 18.2 Å². The standard InChI is InChI=1S/C18H25FN2O4S/c1-26(23,24)20-10-17-15-11-21(9-8-14(15)12-25-17)18(22)7-6-13-4-2-3-5-16(13)19/h2-5,14-15,17,20H,6-12H2,1H3/t14-,15-,17+/m0/s1. The van der Waals surface area contributed by atoms with Crippen LogP contribution in [-0.4, -0.2) is 57.8 Å². The molecule has 1 N–H and O–H groups in total. The van der Waals surface area contributed by atoms with E-state index in [1.807, 2.05) is 4.90 Å². The Morgan fingerprint density at radius 1 is 1.38 bits per heavy atom. The van der Waals surface area contributed by atoms with Gasteiger partial charge in [0.2, 0.25) is 15.9 Å². The number of carbonyl (C=O) groups is 1. The minimum absolute atomic E-state index is 0.00780. The van der Waals surface area contributed by atoms with Gasteiger partial charge in [-0.2, -0.15) is 0 Å². The van der Waals surface area contributed by atoms with Gasteiger partial charge in [-0.25, -0.2) is 17.5 Å². The molecule has 0 radical (unpaired) electrons. The number of hydrogen-bond donors (Lipinski definition) is 1. The summed E-state index contributed by atoms with van der Waals surface area (Å²) in [5.41, 5.74) is 0.551. The predicted molar refractivity (Wildman–Crippen MR) is 95.5 cm³/mol. The van der Waals surface area contributed by atoms with Gasteiger partial charge in [-0.1, -0.05) is 18.2 Å². The zero-order valence-corrected chi connectivity index (χ0v) is 15.7. The predicted octanol–water partition coefficient (Wildman–Crippen LogP) is 1.17. The van der Waals surface area contributed by atoms with Crippen LogP contribution in [0.15, 0.2) is 24.3 Å². The zero-order chi connectivity index (χ0) is 18.7. The maximum Gasteiger partial charge on any atom is 0.222 e. The smallest absolute Gasteiger partial charge is 0.222 e. The second kappa shape index (κ2) is 8.02. The summed E-state index contributed by atoms with van der Waals surface area (Å²) in [5, 5.41) is 0. The lowest BCUT2D eigenvalue weighted by Crippen LogP contribution is -2.47. The molecule has 0 saturated carbocycles. The third-order valence-electron chi connectivity index (χ3n) is 5.27. The fraction of sp³-hybridized carbons (Fsp3) is 0.611. The fourth-order valence-corrected chi connectivity index (χ4v) is 4.27. The molecule has 2 heterocycles. The van der Waals surface area contributed by atoms with Crippen LogP contribution in [0.1, 0.15) is 18.4 Å². The summed E-state index contributed by atoms with van der Waals surface area (Å²) in [6.45, 7) is 2.08. The molecule has 144 valence electrons. The van der Waals surface area contributed by atoms with E-state index >= 15 is 0 Å². The number of piperidine rings is 1. The molecule has 8 heteroatoms.